The van der Waals surface area contributed by atoms with Crippen LogP contribution >= 0.6 is 0 Å². The van der Waals surface area contributed by atoms with Crippen LogP contribution in [0.15, 0.2) is 48.7 Å². The number of ether oxygens (including phenoxy) is 3. The van der Waals surface area contributed by atoms with Crippen LogP contribution in [0, 0.1) is 17.3 Å². The van der Waals surface area contributed by atoms with E-state index >= 15 is 4.39 Å². The van der Waals surface area contributed by atoms with E-state index in [-0.39, 0.29) is 41.6 Å². The van der Waals surface area contributed by atoms with Crippen LogP contribution in [0.3, 0.4) is 0 Å². The largest absolute Gasteiger partial charge is 0.468 e. The number of fused-ring (bicyclic) bond motifs is 5. The van der Waals surface area contributed by atoms with Gasteiger partial charge in [0, 0.05) is 49.5 Å². The van der Waals surface area contributed by atoms with E-state index in [0.29, 0.717) is 58.8 Å². The maximum absolute atomic E-state index is 17.7. The van der Waals surface area contributed by atoms with Crippen molar-refractivity contribution in [2.24, 2.45) is 0 Å². The van der Waals surface area contributed by atoms with Crippen molar-refractivity contribution in [1.82, 2.24) is 24.8 Å². The Morgan fingerprint density at radius 3 is 2.46 bits per heavy atom. The van der Waals surface area contributed by atoms with Crippen molar-refractivity contribution in [2.45, 2.75) is 108 Å². The highest BCUT2D eigenvalue weighted by molar-refractivity contribution is 6.90. The fourth-order valence-corrected chi connectivity index (χ4v) is 16.2. The predicted molar refractivity (Wildman–Crippen MR) is 232 cm³/mol. The summed E-state index contributed by atoms with van der Waals surface area (Å²) in [5.41, 5.74) is 7.55. The molecule has 1 unspecified atom stereocenters. The van der Waals surface area contributed by atoms with E-state index in [4.69, 9.17) is 29.2 Å². The van der Waals surface area contributed by atoms with E-state index in [1.807, 2.05) is 30.3 Å². The SMILES string of the molecule is C=C1CCN2CCCC12COc1nc(N2C[C@H]3CC[C@@H](C2)N3C(=O)O)c2cnc(-c3cc(OCOC)cc4cccc(C#C[Si](C(C)C)(C(C)C)C(C)C)c34)c(F)c2n1. The average molecular weight is 821 g/mol. The third kappa shape index (κ3) is 7.00. The number of pyridine rings is 1. The van der Waals surface area contributed by atoms with Crippen LogP contribution in [0.1, 0.15) is 79.2 Å². The highest BCUT2D eigenvalue weighted by atomic mass is 28.3. The zero-order valence-corrected chi connectivity index (χ0v) is 36.5. The number of anilines is 1. The summed E-state index contributed by atoms with van der Waals surface area (Å²) in [4.78, 5) is 32.9. The van der Waals surface area contributed by atoms with Gasteiger partial charge in [0.2, 0.25) is 0 Å². The Bertz CT molecular complexity index is 2330. The van der Waals surface area contributed by atoms with E-state index in [1.54, 1.807) is 18.2 Å². The Labute approximate surface area is 348 Å². The number of carbonyl (C=O) groups is 1. The molecule has 1 N–H and O–H groups in total. The lowest BCUT2D eigenvalue weighted by Gasteiger charge is -2.40. The van der Waals surface area contributed by atoms with Gasteiger partial charge in [0.15, 0.2) is 12.6 Å². The molecule has 1 amide bonds. The van der Waals surface area contributed by atoms with Crippen molar-refractivity contribution in [3.05, 3.63) is 60.1 Å². The van der Waals surface area contributed by atoms with Crippen LogP contribution in [-0.2, 0) is 4.74 Å². The molecule has 13 heteroatoms. The molecule has 0 aliphatic carbocycles. The smallest absolute Gasteiger partial charge is 0.407 e. The van der Waals surface area contributed by atoms with E-state index in [9.17, 15) is 9.90 Å². The van der Waals surface area contributed by atoms with E-state index in [1.165, 1.54) is 0 Å². The number of carboxylic acid groups (broad SMARTS) is 1. The standard InChI is InChI=1S/C46H57FN6O5Si/c1-28(2)59(29(3)4,30(5)6)20-16-32-11-9-12-33-21-36(58-27-56-8)22-37(39(32)33)41-40(47)42-38(23-48-41)43(51-24-34-13-14-35(25-51)53(34)45(54)55)50-44(49-42)57-26-46-17-10-18-52(46)19-15-31(46)7/h9,11-12,21-23,28-30,34-35H,7,10,13-15,17-19,24-27H2,1-6,8H3,(H,54,55)/t34-,35+,46?. The molecule has 2 aromatic carbocycles. The molecule has 2 bridgehead atoms. The van der Waals surface area contributed by atoms with Gasteiger partial charge in [0.05, 0.1) is 23.0 Å². The van der Waals surface area contributed by atoms with Crippen molar-refractivity contribution in [2.75, 3.05) is 51.6 Å². The molecule has 4 saturated heterocycles. The van der Waals surface area contributed by atoms with Crippen molar-refractivity contribution < 1.29 is 28.5 Å². The summed E-state index contributed by atoms with van der Waals surface area (Å²) in [7, 11) is -0.558. The minimum atomic E-state index is -2.12. The van der Waals surface area contributed by atoms with Crippen LogP contribution in [0.2, 0.25) is 16.6 Å². The number of halogens is 1. The zero-order valence-electron chi connectivity index (χ0n) is 35.5. The molecule has 4 fully saturated rings. The Morgan fingerprint density at radius 1 is 1.05 bits per heavy atom. The fraction of sp³-hybridized carbons (Fsp3) is 0.522. The lowest BCUT2D eigenvalue weighted by Crippen LogP contribution is -2.55. The Morgan fingerprint density at radius 2 is 1.78 bits per heavy atom. The fourth-order valence-electron chi connectivity index (χ4n) is 11.0. The van der Waals surface area contributed by atoms with Gasteiger partial charge in [0.1, 0.15) is 37.5 Å². The first-order chi connectivity index (χ1) is 28.3. The van der Waals surface area contributed by atoms with Crippen LogP contribution < -0.4 is 14.4 Å². The normalized spacial score (nSPS) is 21.9. The van der Waals surface area contributed by atoms with Crippen molar-refractivity contribution >= 4 is 41.7 Å². The van der Waals surface area contributed by atoms with Crippen LogP contribution in [0.5, 0.6) is 11.8 Å². The quantitative estimate of drug-likeness (QED) is 0.0681. The molecule has 2 aromatic heterocycles. The minimum absolute atomic E-state index is 0.0170. The lowest BCUT2D eigenvalue weighted by molar-refractivity contribution is 0.0512. The average Bonchev–Trinajstić information content (AvgIpc) is 3.85. The second-order valence-corrected chi connectivity index (χ2v) is 23.4. The van der Waals surface area contributed by atoms with Gasteiger partial charge in [0.25, 0.3) is 0 Å². The Hall–Kier alpha value is -4.77. The third-order valence-electron chi connectivity index (χ3n) is 13.9. The van der Waals surface area contributed by atoms with E-state index < -0.39 is 20.0 Å². The van der Waals surface area contributed by atoms with Gasteiger partial charge in [-0.15, -0.1) is 5.54 Å². The molecule has 59 heavy (non-hydrogen) atoms. The predicted octanol–water partition coefficient (Wildman–Crippen LogP) is 9.04. The second-order valence-electron chi connectivity index (χ2n) is 17.8. The highest BCUT2D eigenvalue weighted by Gasteiger charge is 2.48. The molecule has 0 radical (unpaired) electrons. The van der Waals surface area contributed by atoms with Crippen molar-refractivity contribution in [1.29, 1.82) is 0 Å². The number of hydrogen-bond donors (Lipinski definition) is 1. The van der Waals surface area contributed by atoms with Gasteiger partial charge in [-0.3, -0.25) is 14.8 Å². The molecule has 4 aromatic rings. The molecule has 3 atom stereocenters. The summed E-state index contributed by atoms with van der Waals surface area (Å²) in [5, 5.41) is 12.1. The first-order valence-electron chi connectivity index (χ1n) is 21.2. The van der Waals surface area contributed by atoms with Crippen molar-refractivity contribution in [3.8, 4) is 34.5 Å². The topological polar surface area (TPSA) is 113 Å². The van der Waals surface area contributed by atoms with Gasteiger partial charge in [-0.1, -0.05) is 71.7 Å². The molecule has 312 valence electrons. The summed E-state index contributed by atoms with van der Waals surface area (Å²) in [6.45, 7) is 21.3. The third-order valence-corrected chi connectivity index (χ3v) is 20.2. The van der Waals surface area contributed by atoms with E-state index in [2.05, 4.69) is 69.4 Å². The number of methoxy groups -OCH3 is 1. The molecule has 4 aliphatic rings. The maximum atomic E-state index is 17.7. The van der Waals surface area contributed by atoms with Crippen LogP contribution in [0.4, 0.5) is 15.0 Å². The summed E-state index contributed by atoms with van der Waals surface area (Å²) in [5.74, 6) is 4.02. The number of piperazine rings is 1. The monoisotopic (exact) mass is 820 g/mol. The van der Waals surface area contributed by atoms with Gasteiger partial charge in [-0.2, -0.15) is 9.97 Å². The van der Waals surface area contributed by atoms with Crippen LogP contribution in [0.25, 0.3) is 32.9 Å². The van der Waals surface area contributed by atoms with Crippen LogP contribution in [-0.4, -0.2) is 108 Å². The summed E-state index contributed by atoms with van der Waals surface area (Å²) in [6.07, 6.45) is 5.14. The molecule has 4 aliphatic heterocycles. The number of hydrogen-bond acceptors (Lipinski definition) is 9. The highest BCUT2D eigenvalue weighted by Crippen LogP contribution is 2.45. The molecule has 8 rings (SSSR count). The van der Waals surface area contributed by atoms with Gasteiger partial charge in [-0.25, -0.2) is 9.18 Å². The Balaban J connectivity index is 1.30. The molecule has 6 heterocycles. The lowest BCUT2D eigenvalue weighted by atomic mass is 9.91. The first kappa shape index (κ1) is 41.0. The van der Waals surface area contributed by atoms with Gasteiger partial charge in [-0.05, 0) is 78.9 Å². The molecule has 11 nitrogen and oxygen atoms in total. The molecule has 0 saturated carbocycles. The number of rotatable bonds is 11. The van der Waals surface area contributed by atoms with Gasteiger partial charge < -0.3 is 24.2 Å². The minimum Gasteiger partial charge on any atom is -0.468 e. The summed E-state index contributed by atoms with van der Waals surface area (Å²) >= 11 is 0. The number of benzene rings is 2. The molecule has 0 spiro atoms. The summed E-state index contributed by atoms with van der Waals surface area (Å²) < 4.78 is 35.5. The molecular weight excluding hydrogens is 764 g/mol. The Kier molecular flexibility index (Phi) is 11.1. The number of aromatic nitrogens is 3. The number of amides is 1. The first-order valence-corrected chi connectivity index (χ1v) is 23.4. The van der Waals surface area contributed by atoms with Gasteiger partial charge >= 0.3 is 12.1 Å². The maximum Gasteiger partial charge on any atom is 0.407 e. The zero-order chi connectivity index (χ0) is 41.8. The second kappa shape index (κ2) is 16.0. The summed E-state index contributed by atoms with van der Waals surface area (Å²) in [6, 6.07) is 9.39. The van der Waals surface area contributed by atoms with E-state index in [0.717, 1.165) is 67.1 Å². The number of nitrogens with zero attached hydrogens (tertiary/aromatic N) is 6. The molecular formula is C46H57FN6O5Si. The van der Waals surface area contributed by atoms with Crippen molar-refractivity contribution in [3.63, 3.8) is 0 Å².